The molecule has 3 N–H and O–H groups in total. The molecule has 0 aliphatic heterocycles. The molecule has 226 valence electrons. The van der Waals surface area contributed by atoms with Gasteiger partial charge in [-0.05, 0) is 77.0 Å². The van der Waals surface area contributed by atoms with Crippen molar-refractivity contribution in [2.24, 2.45) is 0 Å². The smallest absolute Gasteiger partial charge is 0.220 e. The van der Waals surface area contributed by atoms with Crippen molar-refractivity contribution < 1.29 is 15.0 Å². The van der Waals surface area contributed by atoms with Gasteiger partial charge in [0.15, 0.2) is 0 Å². The summed E-state index contributed by atoms with van der Waals surface area (Å²) in [6.45, 7) is 4.08. The van der Waals surface area contributed by atoms with Crippen LogP contribution < -0.4 is 5.32 Å². The van der Waals surface area contributed by atoms with Gasteiger partial charge in [0.2, 0.25) is 5.91 Å². The molecule has 40 heavy (non-hydrogen) atoms. The van der Waals surface area contributed by atoms with Gasteiger partial charge in [0.1, 0.15) is 0 Å². The molecular formula is C36H59NO3. The number of aliphatic hydroxyl groups is 2. The summed E-state index contributed by atoms with van der Waals surface area (Å²) in [6, 6.07) is -0.658. The quantitative estimate of drug-likeness (QED) is 0.0739. The summed E-state index contributed by atoms with van der Waals surface area (Å²) in [5.41, 5.74) is 0. The maximum absolute atomic E-state index is 12.2. The molecule has 4 heteroatoms. The van der Waals surface area contributed by atoms with E-state index in [9.17, 15) is 15.0 Å². The van der Waals surface area contributed by atoms with Crippen molar-refractivity contribution in [1.29, 1.82) is 0 Å². The van der Waals surface area contributed by atoms with Gasteiger partial charge in [-0.1, -0.05) is 118 Å². The summed E-state index contributed by atoms with van der Waals surface area (Å²) in [4.78, 5) is 12.2. The van der Waals surface area contributed by atoms with Crippen LogP contribution in [0.15, 0.2) is 85.1 Å². The molecule has 4 nitrogen and oxygen atoms in total. The predicted octanol–water partition coefficient (Wildman–Crippen LogP) is 9.00. The number of rotatable bonds is 26. The highest BCUT2D eigenvalue weighted by Crippen LogP contribution is 2.06. The molecule has 0 rings (SSSR count). The van der Waals surface area contributed by atoms with Crippen molar-refractivity contribution >= 4 is 5.91 Å². The lowest BCUT2D eigenvalue weighted by Gasteiger charge is -2.19. The lowest BCUT2D eigenvalue weighted by atomic mass is 10.1. The molecular weight excluding hydrogens is 494 g/mol. The van der Waals surface area contributed by atoms with Crippen LogP contribution in [0.4, 0.5) is 0 Å². The standard InChI is InChI=1S/C36H59NO3/c1-3-5-7-9-11-13-14-15-16-17-18-19-20-21-22-24-26-28-30-32-36(40)37-34(33-38)35(39)31-29-27-25-23-12-10-8-6-4-2/h5,7,11-13,15-16,18-19,21-23,29,31,34-35,38-39H,3-4,6,8-10,14,17,20,24-28,30,32-33H2,1-2H3,(H,37,40)/b7-5-,13-11-,16-15-,19-18-,22-21-,23-12+,31-29+. The number of hydrogen-bond donors (Lipinski definition) is 3. The van der Waals surface area contributed by atoms with Gasteiger partial charge < -0.3 is 15.5 Å². The van der Waals surface area contributed by atoms with Crippen LogP contribution in [0.5, 0.6) is 0 Å². The summed E-state index contributed by atoms with van der Waals surface area (Å²) in [6.07, 6.45) is 45.2. The van der Waals surface area contributed by atoms with E-state index in [1.807, 2.05) is 6.08 Å². The van der Waals surface area contributed by atoms with Gasteiger partial charge in [0, 0.05) is 6.42 Å². The Morgan fingerprint density at radius 2 is 1.12 bits per heavy atom. The van der Waals surface area contributed by atoms with Crippen molar-refractivity contribution in [3.05, 3.63) is 85.1 Å². The van der Waals surface area contributed by atoms with Crippen molar-refractivity contribution in [3.63, 3.8) is 0 Å². The molecule has 0 aromatic carbocycles. The van der Waals surface area contributed by atoms with Crippen molar-refractivity contribution in [3.8, 4) is 0 Å². The summed E-state index contributed by atoms with van der Waals surface area (Å²) in [5, 5.41) is 22.6. The largest absolute Gasteiger partial charge is 0.394 e. The maximum atomic E-state index is 12.2. The minimum atomic E-state index is -0.877. The van der Waals surface area contributed by atoms with E-state index in [0.29, 0.717) is 6.42 Å². The van der Waals surface area contributed by atoms with E-state index in [1.165, 1.54) is 19.3 Å². The zero-order chi connectivity index (χ0) is 29.4. The van der Waals surface area contributed by atoms with Gasteiger partial charge in [-0.15, -0.1) is 0 Å². The number of aliphatic hydroxyl groups excluding tert-OH is 2. The number of unbranched alkanes of at least 4 members (excludes halogenated alkanes) is 7. The second kappa shape index (κ2) is 31.1. The van der Waals surface area contributed by atoms with Crippen LogP contribution in [0.3, 0.4) is 0 Å². The van der Waals surface area contributed by atoms with Gasteiger partial charge in [-0.25, -0.2) is 0 Å². The number of amides is 1. The molecule has 0 saturated carbocycles. The van der Waals surface area contributed by atoms with E-state index in [0.717, 1.165) is 77.0 Å². The summed E-state index contributed by atoms with van der Waals surface area (Å²) < 4.78 is 0. The maximum Gasteiger partial charge on any atom is 0.220 e. The van der Waals surface area contributed by atoms with Crippen LogP contribution in [-0.2, 0) is 4.79 Å². The monoisotopic (exact) mass is 553 g/mol. The minimum absolute atomic E-state index is 0.114. The number of hydrogen-bond acceptors (Lipinski definition) is 3. The second-order valence-corrected chi connectivity index (χ2v) is 10.1. The van der Waals surface area contributed by atoms with Crippen molar-refractivity contribution in [2.45, 2.75) is 129 Å². The molecule has 0 aromatic rings. The highest BCUT2D eigenvalue weighted by Gasteiger charge is 2.17. The third-order valence-electron chi connectivity index (χ3n) is 6.36. The Morgan fingerprint density at radius 1 is 0.625 bits per heavy atom. The average Bonchev–Trinajstić information content (AvgIpc) is 2.96. The van der Waals surface area contributed by atoms with Gasteiger partial charge in [-0.2, -0.15) is 0 Å². The number of allylic oxidation sites excluding steroid dienone is 13. The Kier molecular flexibility index (Phi) is 29.2. The number of nitrogens with one attached hydrogen (secondary N) is 1. The molecule has 0 aliphatic rings. The molecule has 0 fully saturated rings. The van der Waals surface area contributed by atoms with E-state index in [-0.39, 0.29) is 12.5 Å². The molecule has 0 spiro atoms. The highest BCUT2D eigenvalue weighted by molar-refractivity contribution is 5.76. The van der Waals surface area contributed by atoms with Gasteiger partial charge in [0.05, 0.1) is 18.8 Å². The van der Waals surface area contributed by atoms with Crippen LogP contribution in [-0.4, -0.2) is 34.9 Å². The molecule has 1 amide bonds. The zero-order valence-corrected chi connectivity index (χ0v) is 25.6. The topological polar surface area (TPSA) is 69.6 Å². The third-order valence-corrected chi connectivity index (χ3v) is 6.36. The van der Waals surface area contributed by atoms with E-state index in [2.05, 4.69) is 92.1 Å². The van der Waals surface area contributed by atoms with Gasteiger partial charge in [0.25, 0.3) is 0 Å². The fraction of sp³-hybridized carbons (Fsp3) is 0.583. The first-order chi connectivity index (χ1) is 19.7. The molecule has 0 heterocycles. The molecule has 0 aliphatic carbocycles. The third kappa shape index (κ3) is 27.1. The Balaban J connectivity index is 3.82. The van der Waals surface area contributed by atoms with E-state index < -0.39 is 12.1 Å². The summed E-state index contributed by atoms with van der Waals surface area (Å²) >= 11 is 0. The first-order valence-corrected chi connectivity index (χ1v) is 15.8. The fourth-order valence-electron chi connectivity index (χ4n) is 3.92. The van der Waals surface area contributed by atoms with E-state index in [1.54, 1.807) is 6.08 Å². The zero-order valence-electron chi connectivity index (χ0n) is 25.6. The van der Waals surface area contributed by atoms with E-state index >= 15 is 0 Å². The fourth-order valence-corrected chi connectivity index (χ4v) is 3.92. The molecule has 2 unspecified atom stereocenters. The summed E-state index contributed by atoms with van der Waals surface area (Å²) in [7, 11) is 0. The first kappa shape index (κ1) is 37.6. The summed E-state index contributed by atoms with van der Waals surface area (Å²) in [5.74, 6) is -0.114. The lowest BCUT2D eigenvalue weighted by molar-refractivity contribution is -0.123. The molecule has 0 aromatic heterocycles. The SMILES string of the molecule is CC/C=C\C/C=C\C/C=C\C/C=C\C/C=C\CCCCCC(=O)NC(CO)C(O)/C=C/CC/C=C/CCCCC. The second-order valence-electron chi connectivity index (χ2n) is 10.1. The Labute approximate surface area is 246 Å². The first-order valence-electron chi connectivity index (χ1n) is 15.8. The van der Waals surface area contributed by atoms with Gasteiger partial charge >= 0.3 is 0 Å². The lowest BCUT2D eigenvalue weighted by Crippen LogP contribution is -2.45. The molecule has 0 radical (unpaired) electrons. The predicted molar refractivity (Wildman–Crippen MR) is 174 cm³/mol. The van der Waals surface area contributed by atoms with Crippen molar-refractivity contribution in [2.75, 3.05) is 6.61 Å². The number of carbonyl (C=O) groups excluding carboxylic acids is 1. The van der Waals surface area contributed by atoms with Gasteiger partial charge in [-0.3, -0.25) is 4.79 Å². The van der Waals surface area contributed by atoms with Crippen LogP contribution in [0, 0.1) is 0 Å². The van der Waals surface area contributed by atoms with Crippen LogP contribution in [0.2, 0.25) is 0 Å². The minimum Gasteiger partial charge on any atom is -0.394 e. The van der Waals surface area contributed by atoms with Crippen LogP contribution in [0.1, 0.15) is 117 Å². The van der Waals surface area contributed by atoms with Crippen molar-refractivity contribution in [1.82, 2.24) is 5.32 Å². The Bertz CT molecular complexity index is 773. The van der Waals surface area contributed by atoms with Crippen LogP contribution >= 0.6 is 0 Å². The highest BCUT2D eigenvalue weighted by atomic mass is 16.3. The molecule has 2 atom stereocenters. The van der Waals surface area contributed by atoms with E-state index in [4.69, 9.17) is 0 Å². The molecule has 0 saturated heterocycles. The Hall–Kier alpha value is -2.43. The van der Waals surface area contributed by atoms with Crippen LogP contribution in [0.25, 0.3) is 0 Å². The number of carbonyl (C=O) groups is 1. The Morgan fingerprint density at radius 3 is 1.70 bits per heavy atom. The molecule has 0 bridgehead atoms. The normalized spacial score (nSPS) is 14.4. The average molecular weight is 554 g/mol.